The first-order valence-electron chi connectivity index (χ1n) is 11.0. The fourth-order valence-electron chi connectivity index (χ4n) is 4.12. The third-order valence-electron chi connectivity index (χ3n) is 5.78. The Labute approximate surface area is 210 Å². The molecule has 0 radical (unpaired) electrons. The molecule has 7 heteroatoms. The number of carbonyl (C=O) groups excluding carboxylic acids is 2. The highest BCUT2D eigenvalue weighted by Gasteiger charge is 2.16. The van der Waals surface area contributed by atoms with Crippen LogP contribution in [0.25, 0.3) is 22.2 Å². The lowest BCUT2D eigenvalue weighted by atomic mass is 9.90. The van der Waals surface area contributed by atoms with E-state index in [1.54, 1.807) is 24.3 Å². The van der Waals surface area contributed by atoms with Crippen LogP contribution in [-0.2, 0) is 6.42 Å². The zero-order valence-electron chi connectivity index (χ0n) is 18.6. The van der Waals surface area contributed by atoms with Crippen LogP contribution in [0.3, 0.4) is 0 Å². The van der Waals surface area contributed by atoms with Gasteiger partial charge in [-0.15, -0.1) is 0 Å². The Morgan fingerprint density at radius 3 is 2.49 bits per heavy atom. The van der Waals surface area contributed by atoms with E-state index in [1.165, 1.54) is 0 Å². The maximum absolute atomic E-state index is 12.6. The third kappa shape index (κ3) is 4.85. The number of aromatic nitrogens is 2. The molecule has 0 aliphatic rings. The Balaban J connectivity index is 1.50. The van der Waals surface area contributed by atoms with E-state index in [2.05, 4.69) is 31.2 Å². The first-order chi connectivity index (χ1) is 17.0. The van der Waals surface area contributed by atoms with Gasteiger partial charge in [0.1, 0.15) is 0 Å². The van der Waals surface area contributed by atoms with Gasteiger partial charge in [-0.25, -0.2) is 4.98 Å². The van der Waals surface area contributed by atoms with Crippen molar-refractivity contribution in [3.05, 3.63) is 118 Å². The van der Waals surface area contributed by atoms with E-state index in [-0.39, 0.29) is 5.91 Å². The van der Waals surface area contributed by atoms with Gasteiger partial charge in [0.15, 0.2) is 0 Å². The van der Waals surface area contributed by atoms with E-state index < -0.39 is 5.91 Å². The lowest BCUT2D eigenvalue weighted by molar-refractivity contribution is 0.0996. The molecule has 172 valence electrons. The summed E-state index contributed by atoms with van der Waals surface area (Å²) in [4.78, 5) is 32.5. The number of nitrogens with one attached hydrogen (secondary N) is 2. The van der Waals surface area contributed by atoms with Crippen LogP contribution in [0.1, 0.15) is 31.8 Å². The van der Waals surface area contributed by atoms with Gasteiger partial charge in [0, 0.05) is 15.6 Å². The van der Waals surface area contributed by atoms with Crippen molar-refractivity contribution in [1.82, 2.24) is 9.97 Å². The third-order valence-corrected chi connectivity index (χ3v) is 6.27. The van der Waals surface area contributed by atoms with Crippen molar-refractivity contribution in [1.29, 1.82) is 0 Å². The summed E-state index contributed by atoms with van der Waals surface area (Å²) in [6, 6.07) is 28.5. The molecule has 35 heavy (non-hydrogen) atoms. The molecule has 0 saturated carbocycles. The van der Waals surface area contributed by atoms with Crippen LogP contribution in [0.5, 0.6) is 0 Å². The van der Waals surface area contributed by atoms with Gasteiger partial charge in [0.05, 0.1) is 11.0 Å². The highest BCUT2D eigenvalue weighted by Crippen LogP contribution is 2.31. The van der Waals surface area contributed by atoms with Crippen LogP contribution in [0.4, 0.5) is 5.95 Å². The molecule has 0 saturated heterocycles. The Morgan fingerprint density at radius 1 is 0.914 bits per heavy atom. The molecule has 5 rings (SSSR count). The first-order valence-corrected chi connectivity index (χ1v) is 11.8. The number of nitrogens with two attached hydrogens (primary N) is 1. The highest BCUT2D eigenvalue weighted by molar-refractivity contribution is 9.10. The minimum atomic E-state index is -0.460. The quantitative estimate of drug-likeness (QED) is 0.256. The Morgan fingerprint density at radius 2 is 1.71 bits per heavy atom. The monoisotopic (exact) mass is 524 g/mol. The predicted octanol–water partition coefficient (Wildman–Crippen LogP) is 5.93. The molecule has 2 amide bonds. The molecular weight excluding hydrogens is 504 g/mol. The number of carbonyl (C=O) groups is 2. The molecule has 0 unspecified atom stereocenters. The molecule has 5 aromatic rings. The molecule has 0 fully saturated rings. The molecule has 1 aromatic heterocycles. The van der Waals surface area contributed by atoms with Crippen LogP contribution in [0.2, 0.25) is 0 Å². The minimum absolute atomic E-state index is 0.259. The number of anilines is 1. The second kappa shape index (κ2) is 9.56. The fraction of sp³-hybridized carbons (Fsp3) is 0.0357. The maximum Gasteiger partial charge on any atom is 0.258 e. The minimum Gasteiger partial charge on any atom is -0.366 e. The highest BCUT2D eigenvalue weighted by atomic mass is 79.9. The van der Waals surface area contributed by atoms with Crippen molar-refractivity contribution in [3.63, 3.8) is 0 Å². The molecule has 0 aliphatic heterocycles. The number of primary amides is 1. The van der Waals surface area contributed by atoms with Gasteiger partial charge in [-0.3, -0.25) is 14.9 Å². The largest absolute Gasteiger partial charge is 0.366 e. The second-order valence-corrected chi connectivity index (χ2v) is 9.06. The van der Waals surface area contributed by atoms with Crippen molar-refractivity contribution in [2.45, 2.75) is 6.42 Å². The number of imidazole rings is 1. The number of fused-ring (bicyclic) bond motifs is 1. The lowest BCUT2D eigenvalue weighted by Crippen LogP contribution is -2.14. The Bertz CT molecular complexity index is 1560. The van der Waals surface area contributed by atoms with E-state index in [0.717, 1.165) is 32.2 Å². The molecule has 4 aromatic carbocycles. The second-order valence-electron chi connectivity index (χ2n) is 8.14. The number of halogens is 1. The molecule has 4 N–H and O–H groups in total. The fourth-order valence-corrected chi connectivity index (χ4v) is 4.52. The van der Waals surface area contributed by atoms with Crippen molar-refractivity contribution in [3.8, 4) is 11.1 Å². The summed E-state index contributed by atoms with van der Waals surface area (Å²) in [5.41, 5.74) is 12.0. The summed E-state index contributed by atoms with van der Waals surface area (Å²) in [6.45, 7) is 0. The van der Waals surface area contributed by atoms with Gasteiger partial charge < -0.3 is 10.7 Å². The zero-order chi connectivity index (χ0) is 24.4. The van der Waals surface area contributed by atoms with Gasteiger partial charge in [-0.2, -0.15) is 0 Å². The summed E-state index contributed by atoms with van der Waals surface area (Å²) in [6.07, 6.45) is 0.574. The van der Waals surface area contributed by atoms with E-state index in [0.29, 0.717) is 29.0 Å². The number of H-pyrrole nitrogens is 1. The van der Waals surface area contributed by atoms with E-state index in [4.69, 9.17) is 5.73 Å². The van der Waals surface area contributed by atoms with Gasteiger partial charge >= 0.3 is 0 Å². The molecule has 0 bridgehead atoms. The molecule has 6 nitrogen and oxygen atoms in total. The van der Waals surface area contributed by atoms with Crippen molar-refractivity contribution in [2.75, 3.05) is 5.32 Å². The van der Waals surface area contributed by atoms with Crippen LogP contribution in [-0.4, -0.2) is 21.8 Å². The lowest BCUT2D eigenvalue weighted by Gasteiger charge is -2.14. The van der Waals surface area contributed by atoms with E-state index >= 15 is 0 Å². The number of benzene rings is 4. The predicted molar refractivity (Wildman–Crippen MR) is 141 cm³/mol. The molecule has 1 heterocycles. The number of hydrogen-bond donors (Lipinski definition) is 3. The smallest absolute Gasteiger partial charge is 0.258 e. The van der Waals surface area contributed by atoms with Crippen molar-refractivity contribution < 1.29 is 9.59 Å². The average molecular weight is 525 g/mol. The molecule has 0 aliphatic carbocycles. The molecule has 0 atom stereocenters. The Kier molecular flexibility index (Phi) is 6.16. The van der Waals surface area contributed by atoms with E-state index in [1.807, 2.05) is 66.7 Å². The molecular formula is C28H21BrN4O2. The average Bonchev–Trinajstić information content (AvgIpc) is 3.26. The topological polar surface area (TPSA) is 101 Å². The number of rotatable bonds is 6. The van der Waals surface area contributed by atoms with Crippen LogP contribution >= 0.6 is 15.9 Å². The van der Waals surface area contributed by atoms with E-state index in [9.17, 15) is 9.59 Å². The summed E-state index contributed by atoms with van der Waals surface area (Å²) < 4.78 is 0.823. The van der Waals surface area contributed by atoms with Gasteiger partial charge in [0.2, 0.25) is 11.9 Å². The number of hydrogen-bond acceptors (Lipinski definition) is 3. The van der Waals surface area contributed by atoms with Gasteiger partial charge in [-0.1, -0.05) is 70.5 Å². The van der Waals surface area contributed by atoms with Crippen molar-refractivity contribution >= 4 is 44.7 Å². The van der Waals surface area contributed by atoms with Crippen LogP contribution in [0, 0.1) is 0 Å². The Hall–Kier alpha value is -4.23. The number of aromatic amines is 1. The van der Waals surface area contributed by atoms with Crippen LogP contribution < -0.4 is 11.1 Å². The summed E-state index contributed by atoms with van der Waals surface area (Å²) >= 11 is 3.38. The number of nitrogens with zero attached hydrogens (tertiary/aromatic N) is 1. The van der Waals surface area contributed by atoms with Crippen molar-refractivity contribution in [2.24, 2.45) is 5.73 Å². The summed E-state index contributed by atoms with van der Waals surface area (Å²) in [7, 11) is 0. The van der Waals surface area contributed by atoms with Gasteiger partial charge in [0.25, 0.3) is 5.91 Å². The van der Waals surface area contributed by atoms with Crippen LogP contribution in [0.15, 0.2) is 95.5 Å². The molecule has 0 spiro atoms. The normalized spacial score (nSPS) is 10.9. The van der Waals surface area contributed by atoms with Gasteiger partial charge in [-0.05, 0) is 65.1 Å². The maximum atomic E-state index is 12.6. The zero-order valence-corrected chi connectivity index (χ0v) is 20.2. The summed E-state index contributed by atoms with van der Waals surface area (Å²) in [5.74, 6) is -0.361. The number of amides is 2. The summed E-state index contributed by atoms with van der Waals surface area (Å²) in [5, 5.41) is 2.81. The first kappa shape index (κ1) is 22.6. The SMILES string of the molecule is NC(=O)c1cccc(-c2ccc3nc(NC(=O)c4cccc(Br)c4)[nH]c3c2)c1Cc1ccccc1. The standard InChI is InChI=1S/C28H21BrN4O2/c29-20-9-4-8-19(15-20)27(35)33-28-31-24-13-12-18(16-25(24)32-28)21-10-5-11-22(26(30)34)23(21)14-17-6-2-1-3-7-17/h1-13,15-16H,14H2,(H2,30,34)(H2,31,32,33,35).